The monoisotopic (exact) mass is 435 g/mol. The van der Waals surface area contributed by atoms with Crippen LogP contribution in [0.4, 0.5) is 8.78 Å². The van der Waals surface area contributed by atoms with Crippen LogP contribution in [0.1, 0.15) is 22.8 Å². The van der Waals surface area contributed by atoms with Gasteiger partial charge < -0.3 is 10.2 Å². The lowest BCUT2D eigenvalue weighted by Crippen LogP contribution is -2.55. The largest absolute Gasteiger partial charge is 0.354 e. The molecule has 0 aliphatic carbocycles. The summed E-state index contributed by atoms with van der Waals surface area (Å²) in [7, 11) is 0. The Labute approximate surface area is 179 Å². The van der Waals surface area contributed by atoms with Gasteiger partial charge in [-0.2, -0.15) is 0 Å². The Morgan fingerprint density at radius 3 is 2.30 bits per heavy atom. The molecular weight excluding hydrogens is 412 g/mol. The Kier molecular flexibility index (Phi) is 7.39. The van der Waals surface area contributed by atoms with Gasteiger partial charge in [-0.05, 0) is 49.2 Å². The first kappa shape index (κ1) is 22.2. The van der Waals surface area contributed by atoms with Crippen molar-refractivity contribution >= 4 is 23.4 Å². The molecule has 1 N–H and O–H groups in total. The maximum Gasteiger partial charge on any atom is 0.255 e. The number of hydrogen-bond donors (Lipinski definition) is 1. The normalized spacial score (nSPS) is 15.7. The van der Waals surface area contributed by atoms with Crippen molar-refractivity contribution in [1.29, 1.82) is 0 Å². The van der Waals surface area contributed by atoms with Gasteiger partial charge in [0, 0.05) is 32.7 Å². The van der Waals surface area contributed by atoms with Crippen LogP contribution in [-0.4, -0.2) is 60.4 Å². The number of carbonyl (C=O) groups excluding carboxylic acids is 2. The van der Waals surface area contributed by atoms with Gasteiger partial charge in [0.2, 0.25) is 5.91 Å². The topological polar surface area (TPSA) is 52.7 Å². The van der Waals surface area contributed by atoms with Crippen molar-refractivity contribution < 1.29 is 18.4 Å². The molecule has 0 bridgehead atoms. The van der Waals surface area contributed by atoms with Gasteiger partial charge in [0.25, 0.3) is 5.91 Å². The third kappa shape index (κ3) is 5.55. The minimum absolute atomic E-state index is 0.0848. The molecule has 5 nitrogen and oxygen atoms in total. The van der Waals surface area contributed by atoms with E-state index in [9.17, 15) is 18.4 Å². The Hall–Kier alpha value is -2.51. The van der Waals surface area contributed by atoms with E-state index in [-0.39, 0.29) is 34.3 Å². The molecule has 1 aliphatic rings. The lowest BCUT2D eigenvalue weighted by molar-refractivity contribution is -0.126. The molecule has 3 rings (SSSR count). The number of nitrogens with zero attached hydrogens (tertiary/aromatic N) is 2. The molecule has 0 aromatic heterocycles. The van der Waals surface area contributed by atoms with Gasteiger partial charge in [-0.1, -0.05) is 23.7 Å². The highest BCUT2D eigenvalue weighted by molar-refractivity contribution is 6.33. The molecule has 1 aliphatic heterocycles. The van der Waals surface area contributed by atoms with Gasteiger partial charge >= 0.3 is 0 Å². The number of rotatable bonds is 6. The number of carbonyl (C=O) groups is 2. The van der Waals surface area contributed by atoms with Crippen molar-refractivity contribution in [3.05, 3.63) is 70.2 Å². The molecule has 0 saturated carbocycles. The van der Waals surface area contributed by atoms with Crippen molar-refractivity contribution in [3.63, 3.8) is 0 Å². The molecule has 1 unspecified atom stereocenters. The van der Waals surface area contributed by atoms with Crippen LogP contribution in [0.3, 0.4) is 0 Å². The van der Waals surface area contributed by atoms with E-state index in [1.54, 1.807) is 17.0 Å². The zero-order valence-electron chi connectivity index (χ0n) is 16.7. The van der Waals surface area contributed by atoms with Crippen LogP contribution in [0.2, 0.25) is 5.02 Å². The molecule has 8 heteroatoms. The first-order chi connectivity index (χ1) is 14.3. The number of piperazine rings is 1. The lowest BCUT2D eigenvalue weighted by atomic mass is 10.1. The molecule has 2 amide bonds. The fourth-order valence-corrected chi connectivity index (χ4v) is 3.69. The fourth-order valence-electron chi connectivity index (χ4n) is 3.44. The van der Waals surface area contributed by atoms with E-state index >= 15 is 0 Å². The molecule has 1 heterocycles. The molecule has 2 aromatic carbocycles. The van der Waals surface area contributed by atoms with E-state index in [1.807, 2.05) is 11.8 Å². The SMILES string of the molecule is CC(C(=O)NCCc1ccc(F)cc1)N1CCN(C(=O)c2ccc(F)cc2Cl)CC1. The quantitative estimate of drug-likeness (QED) is 0.758. The molecular formula is C22H24ClF2N3O2. The minimum atomic E-state index is -0.486. The Morgan fingerprint density at radius 2 is 1.67 bits per heavy atom. The first-order valence-electron chi connectivity index (χ1n) is 9.85. The second-order valence-electron chi connectivity index (χ2n) is 7.30. The van der Waals surface area contributed by atoms with Crippen LogP contribution in [0.5, 0.6) is 0 Å². The first-order valence-corrected chi connectivity index (χ1v) is 10.2. The van der Waals surface area contributed by atoms with Crippen molar-refractivity contribution in [2.24, 2.45) is 0 Å². The Balaban J connectivity index is 1.46. The van der Waals surface area contributed by atoms with Crippen LogP contribution in [0.25, 0.3) is 0 Å². The van der Waals surface area contributed by atoms with Gasteiger partial charge in [0.1, 0.15) is 11.6 Å². The zero-order valence-corrected chi connectivity index (χ0v) is 17.5. The molecule has 1 saturated heterocycles. The maximum absolute atomic E-state index is 13.2. The summed E-state index contributed by atoms with van der Waals surface area (Å²) < 4.78 is 26.1. The summed E-state index contributed by atoms with van der Waals surface area (Å²) in [6, 6.07) is 9.62. The molecule has 160 valence electrons. The second-order valence-corrected chi connectivity index (χ2v) is 7.70. The summed E-state index contributed by atoms with van der Waals surface area (Å²) in [5, 5.41) is 3.00. The number of benzene rings is 2. The summed E-state index contributed by atoms with van der Waals surface area (Å²) >= 11 is 6.00. The summed E-state index contributed by atoms with van der Waals surface area (Å²) in [6.45, 7) is 4.32. The summed E-state index contributed by atoms with van der Waals surface area (Å²) in [5.74, 6) is -1.09. The number of nitrogens with one attached hydrogen (secondary N) is 1. The average Bonchev–Trinajstić information content (AvgIpc) is 2.74. The molecule has 0 radical (unpaired) electrons. The van der Waals surface area contributed by atoms with Crippen molar-refractivity contribution in [1.82, 2.24) is 15.1 Å². The van der Waals surface area contributed by atoms with Gasteiger partial charge in [0.05, 0.1) is 16.6 Å². The van der Waals surface area contributed by atoms with E-state index < -0.39 is 5.82 Å². The molecule has 1 fully saturated rings. The third-order valence-electron chi connectivity index (χ3n) is 5.32. The second kappa shape index (κ2) is 10.00. The number of amides is 2. The van der Waals surface area contributed by atoms with Crippen LogP contribution in [-0.2, 0) is 11.2 Å². The van der Waals surface area contributed by atoms with E-state index in [0.717, 1.165) is 11.6 Å². The lowest BCUT2D eigenvalue weighted by Gasteiger charge is -2.37. The molecule has 0 spiro atoms. The highest BCUT2D eigenvalue weighted by Gasteiger charge is 2.28. The van der Waals surface area contributed by atoms with Crippen LogP contribution in [0.15, 0.2) is 42.5 Å². The predicted molar refractivity (Wildman–Crippen MR) is 111 cm³/mol. The molecule has 2 aromatic rings. The summed E-state index contributed by atoms with van der Waals surface area (Å²) in [6.07, 6.45) is 0.624. The number of halogens is 3. The van der Waals surface area contributed by atoms with E-state index in [0.29, 0.717) is 39.1 Å². The van der Waals surface area contributed by atoms with E-state index in [1.165, 1.54) is 24.3 Å². The van der Waals surface area contributed by atoms with Crippen molar-refractivity contribution in [3.8, 4) is 0 Å². The van der Waals surface area contributed by atoms with Gasteiger partial charge in [-0.25, -0.2) is 8.78 Å². The summed E-state index contributed by atoms with van der Waals surface area (Å²) in [4.78, 5) is 28.8. The third-order valence-corrected chi connectivity index (χ3v) is 5.63. The minimum Gasteiger partial charge on any atom is -0.354 e. The van der Waals surface area contributed by atoms with Crippen LogP contribution >= 0.6 is 11.6 Å². The summed E-state index contributed by atoms with van der Waals surface area (Å²) in [5.41, 5.74) is 1.23. The highest BCUT2D eigenvalue weighted by Crippen LogP contribution is 2.20. The van der Waals surface area contributed by atoms with Crippen molar-refractivity contribution in [2.45, 2.75) is 19.4 Å². The van der Waals surface area contributed by atoms with Crippen LogP contribution < -0.4 is 5.32 Å². The highest BCUT2D eigenvalue weighted by atomic mass is 35.5. The smallest absolute Gasteiger partial charge is 0.255 e. The van der Waals surface area contributed by atoms with E-state index in [2.05, 4.69) is 5.32 Å². The van der Waals surface area contributed by atoms with Gasteiger partial charge in [-0.3, -0.25) is 14.5 Å². The standard InChI is InChI=1S/C22H24ClF2N3O2/c1-15(21(29)26-9-8-16-2-4-17(24)5-3-16)27-10-12-28(13-11-27)22(30)19-7-6-18(25)14-20(19)23/h2-7,14-15H,8-13H2,1H3,(H,26,29). The predicted octanol–water partition coefficient (Wildman–Crippen LogP) is 3.12. The van der Waals surface area contributed by atoms with Crippen LogP contribution in [0, 0.1) is 11.6 Å². The average molecular weight is 436 g/mol. The van der Waals surface area contributed by atoms with E-state index in [4.69, 9.17) is 11.6 Å². The van der Waals surface area contributed by atoms with Gasteiger partial charge in [0.15, 0.2) is 0 Å². The Morgan fingerprint density at radius 1 is 1.03 bits per heavy atom. The molecule has 1 atom stereocenters. The molecule has 30 heavy (non-hydrogen) atoms. The van der Waals surface area contributed by atoms with Crippen molar-refractivity contribution in [2.75, 3.05) is 32.7 Å². The number of hydrogen-bond acceptors (Lipinski definition) is 3. The Bertz CT molecular complexity index is 900. The zero-order chi connectivity index (χ0) is 21.7. The fraction of sp³-hybridized carbons (Fsp3) is 0.364. The maximum atomic E-state index is 13.2. The van der Waals surface area contributed by atoms with Gasteiger partial charge in [-0.15, -0.1) is 0 Å².